The highest BCUT2D eigenvalue weighted by molar-refractivity contribution is 5.95. The molecule has 1 aliphatic rings. The van der Waals surface area contributed by atoms with Gasteiger partial charge in [0.25, 0.3) is 5.91 Å². The lowest BCUT2D eigenvalue weighted by Gasteiger charge is -2.17. The minimum absolute atomic E-state index is 0.0592. The first-order valence-electron chi connectivity index (χ1n) is 6.38. The summed E-state index contributed by atoms with van der Waals surface area (Å²) in [6.07, 6.45) is -2.47. The standard InChI is InChI=1S/C13H16F3N3O/c1-7-9(4-5-11(18-7)13(14,15)16)12(20)19-10(6-17)8-2-3-8/h4-5,8,10H,2-3,6,17H2,1H3,(H,19,20). The summed E-state index contributed by atoms with van der Waals surface area (Å²) in [6.45, 7) is 1.71. The molecule has 0 bridgehead atoms. The summed E-state index contributed by atoms with van der Waals surface area (Å²) in [4.78, 5) is 15.5. The van der Waals surface area contributed by atoms with Gasteiger partial charge in [0.2, 0.25) is 0 Å². The Balaban J connectivity index is 2.14. The van der Waals surface area contributed by atoms with E-state index >= 15 is 0 Å². The van der Waals surface area contributed by atoms with Crippen LogP contribution >= 0.6 is 0 Å². The number of halogens is 3. The lowest BCUT2D eigenvalue weighted by atomic mass is 10.1. The Kier molecular flexibility index (Phi) is 3.99. The van der Waals surface area contributed by atoms with E-state index in [2.05, 4.69) is 10.3 Å². The summed E-state index contributed by atoms with van der Waals surface area (Å²) in [6, 6.07) is 1.85. The average molecular weight is 287 g/mol. The molecule has 4 nitrogen and oxygen atoms in total. The molecule has 1 aromatic heterocycles. The van der Waals surface area contributed by atoms with E-state index in [4.69, 9.17) is 5.73 Å². The molecule has 0 spiro atoms. The van der Waals surface area contributed by atoms with Crippen LogP contribution in [0.3, 0.4) is 0 Å². The molecule has 1 amide bonds. The van der Waals surface area contributed by atoms with Gasteiger partial charge in [0.15, 0.2) is 0 Å². The smallest absolute Gasteiger partial charge is 0.348 e. The number of rotatable bonds is 4. The average Bonchev–Trinajstić information content (AvgIpc) is 3.18. The summed E-state index contributed by atoms with van der Waals surface area (Å²) < 4.78 is 37.5. The number of amides is 1. The molecule has 1 unspecified atom stereocenters. The van der Waals surface area contributed by atoms with Crippen LogP contribution in [0.5, 0.6) is 0 Å². The van der Waals surface area contributed by atoms with Crippen molar-refractivity contribution >= 4 is 5.91 Å². The van der Waals surface area contributed by atoms with E-state index in [-0.39, 0.29) is 17.3 Å². The van der Waals surface area contributed by atoms with Crippen LogP contribution in [0.4, 0.5) is 13.2 Å². The minimum Gasteiger partial charge on any atom is -0.348 e. The largest absolute Gasteiger partial charge is 0.433 e. The zero-order chi connectivity index (χ0) is 14.9. The molecular weight excluding hydrogens is 271 g/mol. The molecule has 1 saturated carbocycles. The van der Waals surface area contributed by atoms with Crippen molar-refractivity contribution in [1.29, 1.82) is 0 Å². The Morgan fingerprint density at radius 3 is 2.60 bits per heavy atom. The first kappa shape index (κ1) is 14.8. The molecule has 0 saturated heterocycles. The molecule has 1 atom stereocenters. The zero-order valence-corrected chi connectivity index (χ0v) is 11.0. The lowest BCUT2D eigenvalue weighted by Crippen LogP contribution is -2.42. The molecule has 110 valence electrons. The van der Waals surface area contributed by atoms with Crippen molar-refractivity contribution in [1.82, 2.24) is 10.3 Å². The van der Waals surface area contributed by atoms with Crippen molar-refractivity contribution in [3.63, 3.8) is 0 Å². The molecule has 1 fully saturated rings. The topological polar surface area (TPSA) is 68.0 Å². The SMILES string of the molecule is Cc1nc(C(F)(F)F)ccc1C(=O)NC(CN)C1CC1. The Morgan fingerprint density at radius 1 is 1.50 bits per heavy atom. The molecule has 7 heteroatoms. The van der Waals surface area contributed by atoms with Gasteiger partial charge in [0, 0.05) is 12.6 Å². The lowest BCUT2D eigenvalue weighted by molar-refractivity contribution is -0.141. The van der Waals surface area contributed by atoms with E-state index in [1.807, 2.05) is 0 Å². The van der Waals surface area contributed by atoms with E-state index in [9.17, 15) is 18.0 Å². The second kappa shape index (κ2) is 5.40. The maximum absolute atomic E-state index is 12.5. The third-order valence-electron chi connectivity index (χ3n) is 3.38. The van der Waals surface area contributed by atoms with Crippen molar-refractivity contribution in [3.8, 4) is 0 Å². The van der Waals surface area contributed by atoms with Crippen molar-refractivity contribution in [2.75, 3.05) is 6.54 Å². The van der Waals surface area contributed by atoms with Crippen LogP contribution in [0.15, 0.2) is 12.1 Å². The van der Waals surface area contributed by atoms with E-state index < -0.39 is 17.8 Å². The van der Waals surface area contributed by atoms with Gasteiger partial charge >= 0.3 is 6.18 Å². The fourth-order valence-corrected chi connectivity index (χ4v) is 2.07. The number of nitrogens with one attached hydrogen (secondary N) is 1. The molecule has 0 radical (unpaired) electrons. The molecule has 20 heavy (non-hydrogen) atoms. The molecule has 3 N–H and O–H groups in total. The molecule has 2 rings (SSSR count). The fraction of sp³-hybridized carbons (Fsp3) is 0.538. The molecule has 0 aromatic carbocycles. The predicted molar refractivity (Wildman–Crippen MR) is 67.0 cm³/mol. The van der Waals surface area contributed by atoms with Gasteiger partial charge < -0.3 is 11.1 Å². The van der Waals surface area contributed by atoms with E-state index in [0.29, 0.717) is 12.5 Å². The molecular formula is C13H16F3N3O. The summed E-state index contributed by atoms with van der Waals surface area (Å²) in [5.74, 6) is -0.0438. The number of carbonyl (C=O) groups is 1. The summed E-state index contributed by atoms with van der Waals surface area (Å²) in [7, 11) is 0. The fourth-order valence-electron chi connectivity index (χ4n) is 2.07. The van der Waals surface area contributed by atoms with Gasteiger partial charge in [-0.3, -0.25) is 4.79 Å². The number of aryl methyl sites for hydroxylation is 1. The number of pyridine rings is 1. The first-order valence-corrected chi connectivity index (χ1v) is 6.38. The predicted octanol–water partition coefficient (Wildman–Crippen LogP) is 1.88. The summed E-state index contributed by atoms with van der Waals surface area (Å²) in [5.41, 5.74) is 4.79. The summed E-state index contributed by atoms with van der Waals surface area (Å²) in [5, 5.41) is 2.76. The molecule has 1 heterocycles. The number of nitrogens with zero attached hydrogens (tertiary/aromatic N) is 1. The second-order valence-electron chi connectivity index (χ2n) is 4.98. The highest BCUT2D eigenvalue weighted by atomic mass is 19.4. The van der Waals surface area contributed by atoms with Gasteiger partial charge in [-0.2, -0.15) is 13.2 Å². The Morgan fingerprint density at radius 2 is 2.15 bits per heavy atom. The maximum atomic E-state index is 12.5. The summed E-state index contributed by atoms with van der Waals surface area (Å²) >= 11 is 0. The number of hydrogen-bond acceptors (Lipinski definition) is 3. The second-order valence-corrected chi connectivity index (χ2v) is 4.98. The first-order chi connectivity index (χ1) is 9.32. The van der Waals surface area contributed by atoms with Gasteiger partial charge in [-0.1, -0.05) is 0 Å². The van der Waals surface area contributed by atoms with Crippen LogP contribution < -0.4 is 11.1 Å². The van der Waals surface area contributed by atoms with E-state index in [1.165, 1.54) is 6.92 Å². The monoisotopic (exact) mass is 287 g/mol. The Labute approximate surface area is 114 Å². The normalized spacial score (nSPS) is 16.9. The van der Waals surface area contributed by atoms with E-state index in [0.717, 1.165) is 25.0 Å². The maximum Gasteiger partial charge on any atom is 0.433 e. The number of alkyl halides is 3. The Bertz CT molecular complexity index is 512. The number of carbonyl (C=O) groups excluding carboxylic acids is 1. The van der Waals surface area contributed by atoms with Crippen LogP contribution in [-0.4, -0.2) is 23.5 Å². The Hall–Kier alpha value is -1.63. The van der Waals surface area contributed by atoms with Gasteiger partial charge in [0.1, 0.15) is 5.69 Å². The van der Waals surface area contributed by atoms with Crippen LogP contribution in [0.25, 0.3) is 0 Å². The number of nitrogens with two attached hydrogens (primary N) is 1. The van der Waals surface area contributed by atoms with Gasteiger partial charge in [0.05, 0.1) is 11.3 Å². The van der Waals surface area contributed by atoms with Gasteiger partial charge in [-0.15, -0.1) is 0 Å². The van der Waals surface area contributed by atoms with Gasteiger partial charge in [-0.05, 0) is 37.8 Å². The van der Waals surface area contributed by atoms with Gasteiger partial charge in [-0.25, -0.2) is 4.98 Å². The van der Waals surface area contributed by atoms with Crippen molar-refractivity contribution < 1.29 is 18.0 Å². The van der Waals surface area contributed by atoms with Crippen molar-refractivity contribution in [3.05, 3.63) is 29.1 Å². The zero-order valence-electron chi connectivity index (χ0n) is 11.0. The highest BCUT2D eigenvalue weighted by Gasteiger charge is 2.34. The third kappa shape index (κ3) is 3.27. The van der Waals surface area contributed by atoms with Crippen LogP contribution in [0, 0.1) is 12.8 Å². The van der Waals surface area contributed by atoms with Crippen LogP contribution in [0.1, 0.15) is 34.6 Å². The molecule has 1 aliphatic carbocycles. The van der Waals surface area contributed by atoms with Crippen molar-refractivity contribution in [2.24, 2.45) is 11.7 Å². The number of hydrogen-bond donors (Lipinski definition) is 2. The number of aromatic nitrogens is 1. The van der Waals surface area contributed by atoms with E-state index in [1.54, 1.807) is 0 Å². The third-order valence-corrected chi connectivity index (χ3v) is 3.38. The molecule has 0 aliphatic heterocycles. The van der Waals surface area contributed by atoms with Crippen LogP contribution in [0.2, 0.25) is 0 Å². The molecule has 1 aromatic rings. The van der Waals surface area contributed by atoms with Crippen molar-refractivity contribution in [2.45, 2.75) is 32.0 Å². The minimum atomic E-state index is -4.51. The van der Waals surface area contributed by atoms with Crippen LogP contribution in [-0.2, 0) is 6.18 Å². The highest BCUT2D eigenvalue weighted by Crippen LogP contribution is 2.32. The quantitative estimate of drug-likeness (QED) is 0.888.